The summed E-state index contributed by atoms with van der Waals surface area (Å²) in [6.07, 6.45) is 1.06. The molecule has 0 aromatic heterocycles. The van der Waals surface area contributed by atoms with Gasteiger partial charge in [0.05, 0.1) is 21.5 Å². The van der Waals surface area contributed by atoms with Gasteiger partial charge in [-0.2, -0.15) is 0 Å². The van der Waals surface area contributed by atoms with Crippen molar-refractivity contribution < 1.29 is 0 Å². The smallest absolute Gasteiger partial charge is 0.0657 e. The van der Waals surface area contributed by atoms with E-state index in [0.29, 0.717) is 0 Å². The highest BCUT2D eigenvalue weighted by atomic mass is 79.9. The summed E-state index contributed by atoms with van der Waals surface area (Å²) >= 11 is 4.47. The molecule has 1 aliphatic carbocycles. The van der Waals surface area contributed by atoms with Crippen LogP contribution in [0.15, 0.2) is 168 Å². The lowest BCUT2D eigenvalue weighted by Crippen LogP contribution is -2.20. The first kappa shape index (κ1) is 56.4. The van der Waals surface area contributed by atoms with E-state index in [0.717, 1.165) is 56.4 Å². The van der Waals surface area contributed by atoms with Crippen molar-refractivity contribution in [3.63, 3.8) is 0 Å². The van der Waals surface area contributed by atoms with Crippen LogP contribution in [0.3, 0.4) is 0 Å². The molecule has 1 aliphatic rings. The van der Waals surface area contributed by atoms with Gasteiger partial charge in [-0.1, -0.05) is 203 Å². The van der Waals surface area contributed by atoms with E-state index in [2.05, 4.69) is 326 Å². The van der Waals surface area contributed by atoms with Crippen molar-refractivity contribution in [3.8, 4) is 11.1 Å². The minimum Gasteiger partial charge on any atom is -0.310 e. The maximum atomic E-state index is 4.47. The molecular formula is C74H86BrN3. The van der Waals surface area contributed by atoms with Gasteiger partial charge in [0.15, 0.2) is 0 Å². The van der Waals surface area contributed by atoms with Gasteiger partial charge in [-0.05, 0) is 203 Å². The quantitative estimate of drug-likeness (QED) is 0.128. The normalized spacial score (nSPS) is 13.5. The fourth-order valence-electron chi connectivity index (χ4n) is 11.4. The molecule has 0 bridgehead atoms. The van der Waals surface area contributed by atoms with Crippen molar-refractivity contribution >= 4 is 67.1 Å². The number of halogens is 1. The lowest BCUT2D eigenvalue weighted by atomic mass is 9.82. The molecule has 0 N–H and O–H groups in total. The summed E-state index contributed by atoms with van der Waals surface area (Å²) in [5, 5.41) is 0. The third-order valence-corrected chi connectivity index (χ3v) is 17.7. The van der Waals surface area contributed by atoms with Crippen molar-refractivity contribution in [1.29, 1.82) is 0 Å². The molecular weight excluding hydrogens is 1010 g/mol. The second kappa shape index (κ2) is 20.4. The van der Waals surface area contributed by atoms with Crippen LogP contribution in [0.2, 0.25) is 0 Å². The number of rotatable bonds is 11. The summed E-state index contributed by atoms with van der Waals surface area (Å²) in [5.41, 5.74) is 23.9. The van der Waals surface area contributed by atoms with Crippen LogP contribution in [0.4, 0.5) is 51.2 Å². The summed E-state index contributed by atoms with van der Waals surface area (Å²) < 4.78 is 0.999. The van der Waals surface area contributed by atoms with E-state index in [9.17, 15) is 0 Å². The van der Waals surface area contributed by atoms with Crippen LogP contribution < -0.4 is 14.7 Å². The Bertz CT molecular complexity index is 3410. The van der Waals surface area contributed by atoms with E-state index in [1.807, 2.05) is 0 Å². The molecule has 8 aromatic carbocycles. The van der Waals surface area contributed by atoms with Crippen LogP contribution in [0.1, 0.15) is 174 Å². The number of aryl methyl sites for hydroxylation is 2. The van der Waals surface area contributed by atoms with E-state index in [-0.39, 0.29) is 32.5 Å². The van der Waals surface area contributed by atoms with Gasteiger partial charge in [0.25, 0.3) is 0 Å². The van der Waals surface area contributed by atoms with Gasteiger partial charge < -0.3 is 14.7 Å². The zero-order valence-electron chi connectivity index (χ0n) is 50.5. The number of hydrogen-bond acceptors (Lipinski definition) is 3. The van der Waals surface area contributed by atoms with Gasteiger partial charge in [0.1, 0.15) is 0 Å². The Morgan fingerprint density at radius 1 is 0.372 bits per heavy atom. The fourth-order valence-corrected chi connectivity index (χ4v) is 12.0. The molecule has 0 saturated heterocycles. The van der Waals surface area contributed by atoms with Crippen molar-refractivity contribution in [2.45, 2.75) is 170 Å². The van der Waals surface area contributed by atoms with Crippen LogP contribution in [0, 0.1) is 13.8 Å². The molecule has 4 heteroatoms. The number of hydrogen-bond donors (Lipinski definition) is 0. The highest BCUT2D eigenvalue weighted by Gasteiger charge is 2.37. The lowest BCUT2D eigenvalue weighted by Gasteiger charge is -2.35. The zero-order valence-corrected chi connectivity index (χ0v) is 52.1. The molecule has 3 nitrogen and oxygen atoms in total. The Kier molecular flexibility index (Phi) is 14.7. The average Bonchev–Trinajstić information content (AvgIpc) is 3.88. The molecule has 0 atom stereocenters. The van der Waals surface area contributed by atoms with E-state index >= 15 is 0 Å². The molecule has 0 unspecified atom stereocenters. The van der Waals surface area contributed by atoms with E-state index in [1.54, 1.807) is 0 Å². The average molecular weight is 1100 g/mol. The SMILES string of the molecule is CCC(C)(C)c1ccc(N(c2cccc(N(c3ccc4c(c3)C(C)(C)c3ccccc3-4)c3cc(C(C)(C)C)cc(N(c4ccc(C(C)(C)C)cc4)c4ccc(C(C)(C)C)cc4)c3Br)c2)c2c(C)cc(C(C)(C)C)cc2C)cc1. The van der Waals surface area contributed by atoms with Crippen molar-refractivity contribution in [2.24, 2.45) is 0 Å². The number of benzene rings is 8. The molecule has 404 valence electrons. The number of anilines is 9. The molecule has 8 aromatic rings. The van der Waals surface area contributed by atoms with Crippen LogP contribution in [0.5, 0.6) is 0 Å². The minimum absolute atomic E-state index is 0.00758. The van der Waals surface area contributed by atoms with Crippen molar-refractivity contribution in [3.05, 3.63) is 218 Å². The number of fused-ring (bicyclic) bond motifs is 3. The molecule has 0 radical (unpaired) electrons. The molecule has 0 aliphatic heterocycles. The van der Waals surface area contributed by atoms with E-state index in [1.165, 1.54) is 66.9 Å². The summed E-state index contributed by atoms with van der Waals surface area (Å²) in [4.78, 5) is 7.47. The summed E-state index contributed by atoms with van der Waals surface area (Å²) in [7, 11) is 0. The Hall–Kier alpha value is -6.36. The molecule has 0 heterocycles. The lowest BCUT2D eigenvalue weighted by molar-refractivity contribution is 0.506. The van der Waals surface area contributed by atoms with Crippen LogP contribution >= 0.6 is 15.9 Å². The first-order chi connectivity index (χ1) is 36.4. The third-order valence-electron chi connectivity index (χ3n) is 16.9. The number of nitrogens with zero attached hydrogens (tertiary/aromatic N) is 3. The molecule has 0 fully saturated rings. The fraction of sp³-hybridized carbons (Fsp3) is 0.351. The second-order valence-electron chi connectivity index (χ2n) is 27.6. The standard InChI is InChI=1S/C74H86BrN3/c1-20-73(16,17)52-32-38-57(39-33-52)78(68-48(2)42-53(43-49(68)3)71(10,11)12)59-25-23-24-58(46-59)77(60-40-41-62-61-26-21-22-27-63(61)74(18,19)64(62)47-60)66-45-54(72(13,14)15)44-65(67(66)75)76(55-34-28-50(29-35-55)69(4,5)6)56-36-30-51(31-37-56)70(7,8)9/h21-47H,20H2,1-19H3. The Morgan fingerprint density at radius 2 is 0.756 bits per heavy atom. The van der Waals surface area contributed by atoms with Crippen molar-refractivity contribution in [1.82, 2.24) is 0 Å². The van der Waals surface area contributed by atoms with Gasteiger partial charge in [-0.25, -0.2) is 0 Å². The highest BCUT2D eigenvalue weighted by Crippen LogP contribution is 2.54. The second-order valence-corrected chi connectivity index (χ2v) is 28.4. The third kappa shape index (κ3) is 10.8. The molecule has 78 heavy (non-hydrogen) atoms. The summed E-state index contributed by atoms with van der Waals surface area (Å²) in [5.74, 6) is 0. The molecule has 0 saturated carbocycles. The van der Waals surface area contributed by atoms with Gasteiger partial charge >= 0.3 is 0 Å². The predicted molar refractivity (Wildman–Crippen MR) is 343 cm³/mol. The van der Waals surface area contributed by atoms with E-state index < -0.39 is 0 Å². The van der Waals surface area contributed by atoms with Gasteiger partial charge in [-0.3, -0.25) is 0 Å². The van der Waals surface area contributed by atoms with Crippen LogP contribution in [0.25, 0.3) is 11.1 Å². The predicted octanol–water partition coefficient (Wildman–Crippen LogP) is 22.7. The zero-order chi connectivity index (χ0) is 56.7. The maximum Gasteiger partial charge on any atom is 0.0657 e. The highest BCUT2D eigenvalue weighted by molar-refractivity contribution is 9.10. The Morgan fingerprint density at radius 3 is 1.23 bits per heavy atom. The largest absolute Gasteiger partial charge is 0.310 e. The first-order valence-corrected chi connectivity index (χ1v) is 29.2. The topological polar surface area (TPSA) is 9.72 Å². The van der Waals surface area contributed by atoms with Crippen molar-refractivity contribution in [2.75, 3.05) is 14.7 Å². The van der Waals surface area contributed by atoms with Crippen LogP contribution in [-0.4, -0.2) is 0 Å². The van der Waals surface area contributed by atoms with Gasteiger partial charge in [0.2, 0.25) is 0 Å². The van der Waals surface area contributed by atoms with Crippen LogP contribution in [-0.2, 0) is 32.5 Å². The molecule has 0 spiro atoms. The molecule has 9 rings (SSSR count). The first-order valence-electron chi connectivity index (χ1n) is 28.4. The Balaban J connectivity index is 1.34. The summed E-state index contributed by atoms with van der Waals surface area (Å²) in [6, 6.07) is 62.9. The Labute approximate surface area is 478 Å². The van der Waals surface area contributed by atoms with Gasteiger partial charge in [-0.15, -0.1) is 0 Å². The monoisotopic (exact) mass is 1100 g/mol. The maximum absolute atomic E-state index is 4.47. The van der Waals surface area contributed by atoms with Gasteiger partial charge in [0, 0.05) is 39.5 Å². The summed E-state index contributed by atoms with van der Waals surface area (Å²) in [6.45, 7) is 44.0. The minimum atomic E-state index is -0.208. The molecule has 0 amide bonds. The van der Waals surface area contributed by atoms with E-state index in [4.69, 9.17) is 0 Å².